The Morgan fingerprint density at radius 2 is 2.00 bits per heavy atom. The Morgan fingerprint density at radius 3 is 2.62 bits per heavy atom. The van der Waals surface area contributed by atoms with Gasteiger partial charge in [-0.3, -0.25) is 0 Å². The molecule has 3 atom stereocenters. The summed E-state index contributed by atoms with van der Waals surface area (Å²) in [5.74, 6) is 1.46. The summed E-state index contributed by atoms with van der Waals surface area (Å²) in [6.45, 7) is 0. The Labute approximate surface area is 127 Å². The third kappa shape index (κ3) is 3.31. The summed E-state index contributed by atoms with van der Waals surface area (Å²) in [6, 6.07) is 5.47. The zero-order valence-corrected chi connectivity index (χ0v) is 12.2. The average Bonchev–Trinajstić information content (AvgIpc) is 3.00. The Balaban J connectivity index is 1.60. The molecule has 0 aliphatic heterocycles. The number of alkyl halides is 3. The molecule has 21 heavy (non-hydrogen) atoms. The van der Waals surface area contributed by atoms with Crippen molar-refractivity contribution in [3.63, 3.8) is 0 Å². The molecule has 114 valence electrons. The van der Waals surface area contributed by atoms with Crippen LogP contribution < -0.4 is 10.6 Å². The van der Waals surface area contributed by atoms with Crippen LogP contribution in [0, 0.1) is 11.8 Å². The second-order valence-electron chi connectivity index (χ2n) is 5.96. The molecule has 0 amide bonds. The van der Waals surface area contributed by atoms with Crippen molar-refractivity contribution < 1.29 is 13.2 Å². The van der Waals surface area contributed by atoms with Crippen molar-refractivity contribution in [2.45, 2.75) is 37.9 Å². The lowest BCUT2D eigenvalue weighted by Crippen LogP contribution is -2.40. The molecule has 1 aromatic rings. The molecule has 2 nitrogen and oxygen atoms in total. The van der Waals surface area contributed by atoms with Crippen molar-refractivity contribution in [2.75, 3.05) is 5.32 Å². The minimum atomic E-state index is -4.34. The molecular formula is C15H17F3N2S. The lowest BCUT2D eigenvalue weighted by molar-refractivity contribution is -0.137. The van der Waals surface area contributed by atoms with Crippen LogP contribution in [0.5, 0.6) is 0 Å². The first-order chi connectivity index (χ1) is 9.91. The Bertz CT molecular complexity index is 544. The van der Waals surface area contributed by atoms with E-state index in [0.29, 0.717) is 22.8 Å². The van der Waals surface area contributed by atoms with Crippen molar-refractivity contribution in [2.24, 2.45) is 11.8 Å². The molecule has 3 unspecified atom stereocenters. The number of benzene rings is 1. The van der Waals surface area contributed by atoms with Crippen LogP contribution in [0.2, 0.25) is 0 Å². The molecule has 2 N–H and O–H groups in total. The molecule has 2 aliphatic rings. The summed E-state index contributed by atoms with van der Waals surface area (Å²) in [6.07, 6.45) is 0.571. The maximum atomic E-state index is 12.7. The largest absolute Gasteiger partial charge is 0.416 e. The van der Waals surface area contributed by atoms with Gasteiger partial charge in [0.05, 0.1) is 5.56 Å². The van der Waals surface area contributed by atoms with Gasteiger partial charge < -0.3 is 10.6 Å². The van der Waals surface area contributed by atoms with Gasteiger partial charge in [-0.25, -0.2) is 0 Å². The van der Waals surface area contributed by atoms with Gasteiger partial charge in [0.25, 0.3) is 0 Å². The van der Waals surface area contributed by atoms with Crippen LogP contribution >= 0.6 is 12.2 Å². The van der Waals surface area contributed by atoms with E-state index < -0.39 is 11.7 Å². The van der Waals surface area contributed by atoms with E-state index in [1.54, 1.807) is 6.07 Å². The topological polar surface area (TPSA) is 24.1 Å². The lowest BCUT2D eigenvalue weighted by Gasteiger charge is -2.24. The highest BCUT2D eigenvalue weighted by Gasteiger charge is 2.39. The first-order valence-electron chi connectivity index (χ1n) is 7.16. The van der Waals surface area contributed by atoms with Crippen molar-refractivity contribution >= 4 is 23.0 Å². The molecule has 1 aromatic carbocycles. The van der Waals surface area contributed by atoms with E-state index >= 15 is 0 Å². The summed E-state index contributed by atoms with van der Waals surface area (Å²) < 4.78 is 38.0. The number of nitrogens with one attached hydrogen (secondary N) is 2. The molecule has 0 saturated heterocycles. The summed E-state index contributed by atoms with van der Waals surface area (Å²) in [7, 11) is 0. The van der Waals surface area contributed by atoms with Gasteiger partial charge in [0.1, 0.15) is 0 Å². The number of fused-ring (bicyclic) bond motifs is 2. The molecule has 2 fully saturated rings. The fourth-order valence-corrected chi connectivity index (χ4v) is 3.80. The molecule has 0 radical (unpaired) electrons. The van der Waals surface area contributed by atoms with Gasteiger partial charge in [0, 0.05) is 11.7 Å². The molecule has 0 spiro atoms. The third-order valence-corrected chi connectivity index (χ3v) is 4.72. The van der Waals surface area contributed by atoms with Gasteiger partial charge in [-0.1, -0.05) is 12.5 Å². The molecule has 0 aromatic heterocycles. The zero-order valence-electron chi connectivity index (χ0n) is 11.4. The van der Waals surface area contributed by atoms with Crippen LogP contribution in [0.25, 0.3) is 0 Å². The van der Waals surface area contributed by atoms with E-state index in [4.69, 9.17) is 12.2 Å². The van der Waals surface area contributed by atoms with Crippen LogP contribution in [0.4, 0.5) is 18.9 Å². The van der Waals surface area contributed by atoms with Crippen LogP contribution in [-0.4, -0.2) is 11.2 Å². The normalized spacial score (nSPS) is 27.7. The van der Waals surface area contributed by atoms with Crippen molar-refractivity contribution in [3.8, 4) is 0 Å². The fraction of sp³-hybridized carbons (Fsp3) is 0.533. The monoisotopic (exact) mass is 314 g/mol. The maximum absolute atomic E-state index is 12.7. The predicted molar refractivity (Wildman–Crippen MR) is 80.0 cm³/mol. The number of anilines is 1. The molecule has 0 heterocycles. The molecule has 2 saturated carbocycles. The highest BCUT2D eigenvalue weighted by Crippen LogP contribution is 2.44. The maximum Gasteiger partial charge on any atom is 0.416 e. The van der Waals surface area contributed by atoms with Gasteiger partial charge in [-0.05, 0) is 61.5 Å². The summed E-state index contributed by atoms with van der Waals surface area (Å²) in [4.78, 5) is 0. The number of rotatable bonds is 2. The minimum Gasteiger partial charge on any atom is -0.359 e. The van der Waals surface area contributed by atoms with Crippen LogP contribution in [0.15, 0.2) is 24.3 Å². The number of halogens is 3. The smallest absolute Gasteiger partial charge is 0.359 e. The quantitative estimate of drug-likeness (QED) is 0.801. The van der Waals surface area contributed by atoms with Crippen molar-refractivity contribution in [1.29, 1.82) is 0 Å². The highest BCUT2D eigenvalue weighted by molar-refractivity contribution is 7.80. The van der Waals surface area contributed by atoms with Crippen molar-refractivity contribution in [1.82, 2.24) is 5.32 Å². The first-order valence-corrected chi connectivity index (χ1v) is 7.57. The summed E-state index contributed by atoms with van der Waals surface area (Å²) in [5.41, 5.74) is -0.305. The second kappa shape index (κ2) is 5.48. The predicted octanol–water partition coefficient (Wildman–Crippen LogP) is 4.18. The van der Waals surface area contributed by atoms with Gasteiger partial charge in [-0.2, -0.15) is 13.2 Å². The standard InChI is InChI=1S/C15H17F3N2S/c16-15(17,18)11-2-1-3-12(8-11)19-14(21)20-13-7-9-4-5-10(13)6-9/h1-3,8-10,13H,4-7H2,(H2,19,20,21). The van der Waals surface area contributed by atoms with Crippen LogP contribution in [0.3, 0.4) is 0 Å². The number of thiocarbonyl (C=S) groups is 1. The van der Waals surface area contributed by atoms with Gasteiger partial charge >= 0.3 is 6.18 Å². The summed E-state index contributed by atoms with van der Waals surface area (Å²) >= 11 is 5.22. The number of hydrogen-bond acceptors (Lipinski definition) is 1. The van der Waals surface area contributed by atoms with Gasteiger partial charge in [-0.15, -0.1) is 0 Å². The molecule has 2 bridgehead atoms. The van der Waals surface area contributed by atoms with Gasteiger partial charge in [0.2, 0.25) is 0 Å². The van der Waals surface area contributed by atoms with E-state index in [1.807, 2.05) is 0 Å². The van der Waals surface area contributed by atoms with E-state index in [9.17, 15) is 13.2 Å². The van der Waals surface area contributed by atoms with E-state index in [-0.39, 0.29) is 0 Å². The lowest BCUT2D eigenvalue weighted by atomic mass is 9.96. The highest BCUT2D eigenvalue weighted by atomic mass is 32.1. The Morgan fingerprint density at radius 1 is 1.19 bits per heavy atom. The Hall–Kier alpha value is -1.30. The number of hydrogen-bond donors (Lipinski definition) is 2. The molecule has 6 heteroatoms. The molecule has 3 rings (SSSR count). The van der Waals surface area contributed by atoms with E-state index in [2.05, 4.69) is 10.6 Å². The minimum absolute atomic E-state index is 0.366. The fourth-order valence-electron chi connectivity index (χ4n) is 3.53. The molecule has 2 aliphatic carbocycles. The first kappa shape index (κ1) is 14.6. The van der Waals surface area contributed by atoms with Gasteiger partial charge in [0.15, 0.2) is 5.11 Å². The second-order valence-corrected chi connectivity index (χ2v) is 6.37. The van der Waals surface area contributed by atoms with E-state index in [1.165, 1.54) is 25.3 Å². The average molecular weight is 314 g/mol. The SMILES string of the molecule is FC(F)(F)c1cccc(NC(=S)NC2CC3CCC2C3)c1. The van der Waals surface area contributed by atoms with Crippen LogP contribution in [-0.2, 0) is 6.18 Å². The Kier molecular flexibility index (Phi) is 3.82. The third-order valence-electron chi connectivity index (χ3n) is 4.50. The van der Waals surface area contributed by atoms with Crippen LogP contribution in [0.1, 0.15) is 31.2 Å². The zero-order chi connectivity index (χ0) is 15.0. The van der Waals surface area contributed by atoms with Crippen molar-refractivity contribution in [3.05, 3.63) is 29.8 Å². The molecular weight excluding hydrogens is 297 g/mol. The summed E-state index contributed by atoms with van der Waals surface area (Å²) in [5, 5.41) is 6.53. The van der Waals surface area contributed by atoms with E-state index in [0.717, 1.165) is 24.5 Å².